The summed E-state index contributed by atoms with van der Waals surface area (Å²) < 4.78 is 0. The Balaban J connectivity index is 1.59. The van der Waals surface area contributed by atoms with Crippen molar-refractivity contribution in [3.05, 3.63) is 23.8 Å². The number of nitrogens with one attached hydrogen (secondary N) is 3. The first kappa shape index (κ1) is 16.0. The summed E-state index contributed by atoms with van der Waals surface area (Å²) in [6, 6.07) is 4.21. The second-order valence-electron chi connectivity index (χ2n) is 6.30. The van der Waals surface area contributed by atoms with Gasteiger partial charge in [0, 0.05) is 46.1 Å². The van der Waals surface area contributed by atoms with Crippen LogP contribution in [0.4, 0.5) is 0 Å². The maximum absolute atomic E-state index is 4.83. The average Bonchev–Trinajstić information content (AvgIpc) is 3.29. The van der Waals surface area contributed by atoms with Crippen LogP contribution in [0.5, 0.6) is 0 Å². The van der Waals surface area contributed by atoms with E-state index in [2.05, 4.69) is 59.7 Å². The number of dihydropyridines is 1. The molecule has 0 bridgehead atoms. The Labute approximate surface area is 159 Å². The van der Waals surface area contributed by atoms with Crippen molar-refractivity contribution in [2.45, 2.75) is 21.2 Å². The molecule has 4 heterocycles. The van der Waals surface area contributed by atoms with E-state index in [1.807, 2.05) is 24.2 Å². The van der Waals surface area contributed by atoms with Crippen LogP contribution in [0, 0.1) is 5.92 Å². The smallest absolute Gasteiger partial charge is 0.206 e. The predicted octanol–water partition coefficient (Wildman–Crippen LogP) is 1.22. The molecule has 132 valence electrons. The standard InChI is InChI=1S/C16H16N8S2/c25-14-12(26-10-6-17-7-10)2-1-11(13(14)16-21-23-24-22-16)8-3-9-5-19-20-15(9)18-4-8/h1-5,9-10,15,17,20,25H,6-7H2,(H,21,22,23,24). The molecule has 1 fully saturated rings. The SMILES string of the molecule is Sc1c(SC2CNC2)ccc(C2=CC3C=NNC3N=C2)c1-c1nn[nH]n1. The van der Waals surface area contributed by atoms with Crippen molar-refractivity contribution in [2.24, 2.45) is 16.0 Å². The number of hydrogen-bond acceptors (Lipinski definition) is 9. The van der Waals surface area contributed by atoms with Crippen molar-refractivity contribution in [3.8, 4) is 11.4 Å². The highest BCUT2D eigenvalue weighted by Gasteiger charge is 2.27. The molecule has 2 unspecified atom stereocenters. The fraction of sp³-hybridized carbons (Fsp3) is 0.312. The Morgan fingerprint density at radius 2 is 2.15 bits per heavy atom. The minimum absolute atomic E-state index is 0.0104. The van der Waals surface area contributed by atoms with Gasteiger partial charge in [0.05, 0.1) is 5.92 Å². The van der Waals surface area contributed by atoms with Gasteiger partial charge >= 0.3 is 0 Å². The molecule has 1 aromatic heterocycles. The summed E-state index contributed by atoms with van der Waals surface area (Å²) >= 11 is 6.66. The van der Waals surface area contributed by atoms with Gasteiger partial charge in [-0.15, -0.1) is 34.6 Å². The van der Waals surface area contributed by atoms with Crippen molar-refractivity contribution >= 4 is 42.4 Å². The number of tetrazole rings is 1. The fourth-order valence-corrected chi connectivity index (χ4v) is 4.71. The summed E-state index contributed by atoms with van der Waals surface area (Å²) in [6.45, 7) is 2.04. The molecule has 0 amide bonds. The van der Waals surface area contributed by atoms with Gasteiger partial charge in [-0.05, 0) is 22.4 Å². The Morgan fingerprint density at radius 1 is 1.23 bits per heavy atom. The van der Waals surface area contributed by atoms with Crippen molar-refractivity contribution in [1.82, 2.24) is 31.4 Å². The molecule has 10 heteroatoms. The zero-order chi connectivity index (χ0) is 17.5. The fourth-order valence-electron chi connectivity index (χ4n) is 3.14. The normalized spacial score (nSPS) is 24.1. The number of hydrogen-bond donors (Lipinski definition) is 4. The number of benzene rings is 1. The second-order valence-corrected chi connectivity index (χ2v) is 8.09. The summed E-state index contributed by atoms with van der Waals surface area (Å²) in [5.41, 5.74) is 5.87. The Bertz CT molecular complexity index is 917. The Morgan fingerprint density at radius 3 is 2.92 bits per heavy atom. The van der Waals surface area contributed by atoms with Crippen LogP contribution in [-0.2, 0) is 0 Å². The van der Waals surface area contributed by atoms with Crippen LogP contribution in [0.25, 0.3) is 17.0 Å². The average molecular weight is 384 g/mol. The maximum Gasteiger partial charge on any atom is 0.206 e. The zero-order valence-corrected chi connectivity index (χ0v) is 15.3. The first-order valence-corrected chi connectivity index (χ1v) is 9.63. The molecule has 3 aliphatic heterocycles. The predicted molar refractivity (Wildman–Crippen MR) is 105 cm³/mol. The molecule has 3 N–H and O–H groups in total. The van der Waals surface area contributed by atoms with E-state index < -0.39 is 0 Å². The van der Waals surface area contributed by atoms with E-state index in [1.165, 1.54) is 0 Å². The molecule has 2 aromatic rings. The van der Waals surface area contributed by atoms with Crippen LogP contribution in [0.2, 0.25) is 0 Å². The number of aromatic amines is 1. The molecule has 26 heavy (non-hydrogen) atoms. The minimum Gasteiger partial charge on any atom is -0.314 e. The van der Waals surface area contributed by atoms with Crippen LogP contribution in [0.3, 0.4) is 0 Å². The summed E-state index contributed by atoms with van der Waals surface area (Å²) in [5.74, 6) is 0.681. The monoisotopic (exact) mass is 384 g/mol. The highest BCUT2D eigenvalue weighted by Crippen LogP contribution is 2.40. The number of thiol groups is 1. The molecule has 0 spiro atoms. The third-order valence-corrected chi connectivity index (χ3v) is 6.50. The summed E-state index contributed by atoms with van der Waals surface area (Å²) in [7, 11) is 0. The number of nitrogens with zero attached hydrogens (tertiary/aromatic N) is 5. The number of H-pyrrole nitrogens is 1. The maximum atomic E-state index is 4.83. The van der Waals surface area contributed by atoms with Gasteiger partial charge in [-0.25, -0.2) is 0 Å². The molecule has 0 aliphatic carbocycles. The van der Waals surface area contributed by atoms with Crippen molar-refractivity contribution in [1.29, 1.82) is 0 Å². The molecule has 2 atom stereocenters. The van der Waals surface area contributed by atoms with Gasteiger partial charge in [-0.2, -0.15) is 10.3 Å². The van der Waals surface area contributed by atoms with E-state index in [1.54, 1.807) is 0 Å². The van der Waals surface area contributed by atoms with E-state index in [4.69, 9.17) is 12.6 Å². The molecule has 1 aromatic carbocycles. The zero-order valence-electron chi connectivity index (χ0n) is 13.6. The molecule has 3 aliphatic rings. The van der Waals surface area contributed by atoms with Gasteiger partial charge in [-0.1, -0.05) is 12.1 Å². The first-order valence-electron chi connectivity index (χ1n) is 8.31. The third-order valence-electron chi connectivity index (χ3n) is 4.62. The van der Waals surface area contributed by atoms with Crippen LogP contribution in [0.15, 0.2) is 38.1 Å². The number of aliphatic imine (C=N–C) groups is 1. The van der Waals surface area contributed by atoms with Crippen molar-refractivity contribution in [3.63, 3.8) is 0 Å². The lowest BCUT2D eigenvalue weighted by Gasteiger charge is -2.27. The van der Waals surface area contributed by atoms with E-state index in [0.29, 0.717) is 11.1 Å². The number of rotatable bonds is 4. The largest absolute Gasteiger partial charge is 0.314 e. The Kier molecular flexibility index (Phi) is 4.03. The van der Waals surface area contributed by atoms with Gasteiger partial charge in [0.15, 0.2) is 0 Å². The third kappa shape index (κ3) is 2.74. The molecular formula is C16H16N8S2. The second kappa shape index (κ2) is 6.53. The molecule has 0 radical (unpaired) electrons. The van der Waals surface area contributed by atoms with Gasteiger partial charge in [0.1, 0.15) is 6.17 Å². The number of hydrazone groups is 1. The molecule has 0 saturated carbocycles. The first-order chi connectivity index (χ1) is 12.8. The van der Waals surface area contributed by atoms with Gasteiger partial charge in [0.2, 0.25) is 5.82 Å². The van der Waals surface area contributed by atoms with Gasteiger partial charge in [0.25, 0.3) is 0 Å². The van der Waals surface area contributed by atoms with Gasteiger partial charge in [-0.3, -0.25) is 10.4 Å². The van der Waals surface area contributed by atoms with Crippen LogP contribution >= 0.6 is 24.4 Å². The van der Waals surface area contributed by atoms with Crippen LogP contribution in [0.1, 0.15) is 5.56 Å². The van der Waals surface area contributed by atoms with Gasteiger partial charge < -0.3 is 5.32 Å². The topological polar surface area (TPSA) is 103 Å². The molecule has 8 nitrogen and oxygen atoms in total. The van der Waals surface area contributed by atoms with E-state index in [-0.39, 0.29) is 12.1 Å². The number of fused-ring (bicyclic) bond motifs is 1. The molecule has 5 rings (SSSR count). The summed E-state index contributed by atoms with van der Waals surface area (Å²) in [6.07, 6.45) is 5.90. The molecule has 1 saturated heterocycles. The summed E-state index contributed by atoms with van der Waals surface area (Å²) in [4.78, 5) is 6.56. The van der Waals surface area contributed by atoms with E-state index in [0.717, 1.165) is 39.6 Å². The lowest BCUT2D eigenvalue weighted by atomic mass is 9.93. The van der Waals surface area contributed by atoms with E-state index >= 15 is 0 Å². The van der Waals surface area contributed by atoms with Crippen molar-refractivity contribution in [2.75, 3.05) is 13.1 Å². The molecular weight excluding hydrogens is 368 g/mol. The highest BCUT2D eigenvalue weighted by atomic mass is 32.2. The van der Waals surface area contributed by atoms with Crippen LogP contribution in [-0.4, -0.2) is 57.6 Å². The number of allylic oxidation sites excluding steroid dienone is 1. The quantitative estimate of drug-likeness (QED) is 0.591. The Hall–Kier alpha value is -2.17. The number of thioether (sulfide) groups is 1. The highest BCUT2D eigenvalue weighted by molar-refractivity contribution is 8.00. The minimum atomic E-state index is -0.0104. The lowest BCUT2D eigenvalue weighted by molar-refractivity contribution is 0.543. The van der Waals surface area contributed by atoms with Crippen LogP contribution < -0.4 is 10.7 Å². The summed E-state index contributed by atoms with van der Waals surface area (Å²) in [5, 5.41) is 22.6. The van der Waals surface area contributed by atoms with Crippen molar-refractivity contribution < 1.29 is 0 Å². The van der Waals surface area contributed by atoms with E-state index in [9.17, 15) is 0 Å². The lowest BCUT2D eigenvalue weighted by Crippen LogP contribution is -2.44. The number of aromatic nitrogens is 4.